The molecule has 0 radical (unpaired) electrons. The fraction of sp³-hybridized carbons (Fsp3) is 0.714. The first-order chi connectivity index (χ1) is 9.61. The molecule has 1 heterocycles. The van der Waals surface area contributed by atoms with Gasteiger partial charge in [0, 0.05) is 26.1 Å². The zero-order valence-corrected chi connectivity index (χ0v) is 13.8. The molecule has 2 N–H and O–H groups in total. The minimum atomic E-state index is 0.185. The summed E-state index contributed by atoms with van der Waals surface area (Å²) in [6, 6.07) is 0.466. The maximum Gasteiger partial charge on any atom is 0.220 e. The second-order valence-electron chi connectivity index (χ2n) is 5.31. The molecule has 0 atom stereocenters. The van der Waals surface area contributed by atoms with E-state index in [-0.39, 0.29) is 5.91 Å². The van der Waals surface area contributed by atoms with Gasteiger partial charge in [-0.25, -0.2) is 0 Å². The van der Waals surface area contributed by atoms with Gasteiger partial charge in [0.15, 0.2) is 0 Å². The smallest absolute Gasteiger partial charge is 0.220 e. The Morgan fingerprint density at radius 1 is 1.50 bits per heavy atom. The highest BCUT2D eigenvalue weighted by atomic mass is 79.9. The van der Waals surface area contributed by atoms with Gasteiger partial charge in [-0.05, 0) is 48.2 Å². The summed E-state index contributed by atoms with van der Waals surface area (Å²) in [5.41, 5.74) is 2.25. The quantitative estimate of drug-likeness (QED) is 0.709. The molecular formula is C14H23BrN4O. The van der Waals surface area contributed by atoms with E-state index in [1.807, 2.05) is 11.7 Å². The SMILES string of the molecule is CCc1nn(C)c(CNCCCC(=O)NC2CC2)c1Br. The summed E-state index contributed by atoms with van der Waals surface area (Å²) in [7, 11) is 1.96. The number of hydrogen-bond donors (Lipinski definition) is 2. The van der Waals surface area contributed by atoms with Gasteiger partial charge >= 0.3 is 0 Å². The van der Waals surface area contributed by atoms with Gasteiger partial charge in [-0.1, -0.05) is 6.92 Å². The second-order valence-corrected chi connectivity index (χ2v) is 6.10. The molecule has 1 aliphatic carbocycles. The van der Waals surface area contributed by atoms with Gasteiger partial charge in [0.2, 0.25) is 5.91 Å². The van der Waals surface area contributed by atoms with E-state index < -0.39 is 0 Å². The maximum absolute atomic E-state index is 11.5. The Balaban J connectivity index is 1.65. The van der Waals surface area contributed by atoms with Crippen LogP contribution in [0.4, 0.5) is 0 Å². The third kappa shape index (κ3) is 4.31. The maximum atomic E-state index is 11.5. The first kappa shape index (κ1) is 15.5. The molecule has 1 aromatic heterocycles. The van der Waals surface area contributed by atoms with Crippen LogP contribution in [0.15, 0.2) is 4.47 Å². The molecule has 1 amide bonds. The average molecular weight is 343 g/mol. The van der Waals surface area contributed by atoms with Crippen LogP contribution in [0.3, 0.4) is 0 Å². The van der Waals surface area contributed by atoms with Crippen LogP contribution in [-0.4, -0.2) is 28.3 Å². The van der Waals surface area contributed by atoms with Crippen molar-refractivity contribution in [1.29, 1.82) is 0 Å². The Labute approximate surface area is 128 Å². The van der Waals surface area contributed by atoms with E-state index in [0.717, 1.165) is 54.6 Å². The monoisotopic (exact) mass is 342 g/mol. The van der Waals surface area contributed by atoms with E-state index in [1.54, 1.807) is 0 Å². The first-order valence-electron chi connectivity index (χ1n) is 7.32. The fourth-order valence-electron chi connectivity index (χ4n) is 2.12. The number of hydrogen-bond acceptors (Lipinski definition) is 3. The highest BCUT2D eigenvalue weighted by Crippen LogP contribution is 2.21. The summed E-state index contributed by atoms with van der Waals surface area (Å²) in [6.45, 7) is 3.72. The van der Waals surface area contributed by atoms with Crippen molar-refractivity contribution >= 4 is 21.8 Å². The number of carbonyl (C=O) groups is 1. The number of aromatic nitrogens is 2. The highest BCUT2D eigenvalue weighted by molar-refractivity contribution is 9.10. The number of rotatable bonds is 8. The molecule has 0 aromatic carbocycles. The van der Waals surface area contributed by atoms with E-state index in [0.29, 0.717) is 12.5 Å². The molecule has 0 aliphatic heterocycles. The minimum Gasteiger partial charge on any atom is -0.353 e. The van der Waals surface area contributed by atoms with Crippen molar-refractivity contribution in [2.75, 3.05) is 6.54 Å². The van der Waals surface area contributed by atoms with Crippen molar-refractivity contribution in [3.63, 3.8) is 0 Å². The fourth-order valence-corrected chi connectivity index (χ4v) is 2.88. The van der Waals surface area contributed by atoms with Crippen LogP contribution in [0.25, 0.3) is 0 Å². The van der Waals surface area contributed by atoms with Crippen molar-refractivity contribution in [1.82, 2.24) is 20.4 Å². The zero-order chi connectivity index (χ0) is 14.5. The zero-order valence-electron chi connectivity index (χ0n) is 12.2. The van der Waals surface area contributed by atoms with Crippen LogP contribution in [0.1, 0.15) is 44.0 Å². The predicted octanol–water partition coefficient (Wildman–Crippen LogP) is 1.89. The van der Waals surface area contributed by atoms with E-state index in [1.165, 1.54) is 0 Å². The highest BCUT2D eigenvalue weighted by Gasteiger charge is 2.22. The molecule has 5 nitrogen and oxygen atoms in total. The van der Waals surface area contributed by atoms with Gasteiger partial charge in [-0.3, -0.25) is 9.48 Å². The number of nitrogens with one attached hydrogen (secondary N) is 2. The van der Waals surface area contributed by atoms with E-state index in [4.69, 9.17) is 0 Å². The Bertz CT molecular complexity index is 468. The lowest BCUT2D eigenvalue weighted by atomic mass is 10.2. The molecule has 0 spiro atoms. The van der Waals surface area contributed by atoms with E-state index in [2.05, 4.69) is 38.6 Å². The molecule has 1 aromatic rings. The van der Waals surface area contributed by atoms with Crippen molar-refractivity contribution < 1.29 is 4.79 Å². The van der Waals surface area contributed by atoms with Gasteiger partial charge < -0.3 is 10.6 Å². The Morgan fingerprint density at radius 3 is 2.85 bits per heavy atom. The summed E-state index contributed by atoms with van der Waals surface area (Å²) in [5, 5.41) is 10.8. The van der Waals surface area contributed by atoms with Gasteiger partial charge in [0.1, 0.15) is 0 Å². The van der Waals surface area contributed by atoms with Crippen LogP contribution in [-0.2, 0) is 24.8 Å². The first-order valence-corrected chi connectivity index (χ1v) is 8.11. The summed E-state index contributed by atoms with van der Waals surface area (Å²) >= 11 is 3.60. The molecule has 6 heteroatoms. The van der Waals surface area contributed by atoms with Crippen LogP contribution in [0.2, 0.25) is 0 Å². The molecule has 0 bridgehead atoms. The van der Waals surface area contributed by atoms with Gasteiger partial charge in [0.05, 0.1) is 15.9 Å². The summed E-state index contributed by atoms with van der Waals surface area (Å²) in [4.78, 5) is 11.5. The number of carbonyl (C=O) groups excluding carboxylic acids is 1. The molecule has 1 aliphatic rings. The largest absolute Gasteiger partial charge is 0.353 e. The summed E-state index contributed by atoms with van der Waals surface area (Å²) in [6.07, 6.45) is 4.71. The van der Waals surface area contributed by atoms with Crippen LogP contribution >= 0.6 is 15.9 Å². The number of aryl methyl sites for hydroxylation is 2. The third-order valence-electron chi connectivity index (χ3n) is 3.50. The number of nitrogens with zero attached hydrogens (tertiary/aromatic N) is 2. The molecule has 1 fully saturated rings. The number of amides is 1. The van der Waals surface area contributed by atoms with Gasteiger partial charge in [-0.2, -0.15) is 5.10 Å². The Hall–Kier alpha value is -0.880. The second kappa shape index (κ2) is 7.22. The average Bonchev–Trinajstić information content (AvgIpc) is 3.18. The molecule has 0 unspecified atom stereocenters. The topological polar surface area (TPSA) is 59.0 Å². The van der Waals surface area contributed by atoms with Gasteiger partial charge in [-0.15, -0.1) is 0 Å². The van der Waals surface area contributed by atoms with Crippen LogP contribution in [0, 0.1) is 0 Å². The van der Waals surface area contributed by atoms with Crippen molar-refractivity contribution in [3.05, 3.63) is 15.9 Å². The lowest BCUT2D eigenvalue weighted by molar-refractivity contribution is -0.121. The Kier molecular flexibility index (Phi) is 5.60. The molecule has 2 rings (SSSR count). The Morgan fingerprint density at radius 2 is 2.25 bits per heavy atom. The summed E-state index contributed by atoms with van der Waals surface area (Å²) in [5.74, 6) is 0.185. The van der Waals surface area contributed by atoms with E-state index in [9.17, 15) is 4.79 Å². The lowest BCUT2D eigenvalue weighted by Crippen LogP contribution is -2.26. The van der Waals surface area contributed by atoms with Crippen molar-refractivity contribution in [3.8, 4) is 0 Å². The third-order valence-corrected chi connectivity index (χ3v) is 4.41. The number of halogens is 1. The summed E-state index contributed by atoms with van der Waals surface area (Å²) < 4.78 is 3.01. The molecular weight excluding hydrogens is 320 g/mol. The predicted molar refractivity (Wildman–Crippen MR) is 82.4 cm³/mol. The van der Waals surface area contributed by atoms with Crippen LogP contribution < -0.4 is 10.6 Å². The van der Waals surface area contributed by atoms with Crippen LogP contribution in [0.5, 0.6) is 0 Å². The molecule has 20 heavy (non-hydrogen) atoms. The molecule has 0 saturated heterocycles. The molecule has 112 valence electrons. The van der Waals surface area contributed by atoms with E-state index >= 15 is 0 Å². The minimum absolute atomic E-state index is 0.185. The standard InChI is InChI=1S/C14H23BrN4O/c1-3-11-14(15)12(19(2)18-11)9-16-8-4-5-13(20)17-10-6-7-10/h10,16H,3-9H2,1-2H3,(H,17,20). The normalized spacial score (nSPS) is 14.6. The molecule has 1 saturated carbocycles. The lowest BCUT2D eigenvalue weighted by Gasteiger charge is -2.06. The van der Waals surface area contributed by atoms with Crippen molar-refractivity contribution in [2.24, 2.45) is 7.05 Å². The van der Waals surface area contributed by atoms with Gasteiger partial charge in [0.25, 0.3) is 0 Å². The van der Waals surface area contributed by atoms with Crippen molar-refractivity contribution in [2.45, 2.75) is 51.6 Å².